The number of ether oxygens (including phenoxy) is 1. The van der Waals surface area contributed by atoms with Gasteiger partial charge >= 0.3 is 6.18 Å². The van der Waals surface area contributed by atoms with Crippen molar-refractivity contribution >= 4 is 0 Å². The van der Waals surface area contributed by atoms with Crippen LogP contribution in [0.25, 0.3) is 0 Å². The number of hydrogen-bond acceptors (Lipinski definition) is 1. The van der Waals surface area contributed by atoms with Gasteiger partial charge in [0.25, 0.3) is 0 Å². The van der Waals surface area contributed by atoms with E-state index in [0.29, 0.717) is 24.3 Å². The van der Waals surface area contributed by atoms with Crippen molar-refractivity contribution < 1.29 is 17.9 Å². The van der Waals surface area contributed by atoms with Gasteiger partial charge in [-0.15, -0.1) is 0 Å². The third-order valence-corrected chi connectivity index (χ3v) is 2.67. The average Bonchev–Trinajstić information content (AvgIpc) is 2.16. The molecule has 0 aliphatic carbocycles. The van der Waals surface area contributed by atoms with Crippen LogP contribution in [0.15, 0.2) is 18.2 Å². The summed E-state index contributed by atoms with van der Waals surface area (Å²) < 4.78 is 43.3. The molecule has 0 amide bonds. The van der Waals surface area contributed by atoms with E-state index in [1.165, 1.54) is 6.07 Å². The lowest BCUT2D eigenvalue weighted by Crippen LogP contribution is -2.18. The van der Waals surface area contributed by atoms with Crippen LogP contribution in [-0.2, 0) is 6.18 Å². The van der Waals surface area contributed by atoms with E-state index in [-0.39, 0.29) is 5.92 Å². The Hall–Kier alpha value is -1.19. The lowest BCUT2D eigenvalue weighted by molar-refractivity contribution is -0.138. The van der Waals surface area contributed by atoms with E-state index in [9.17, 15) is 13.2 Å². The normalized spacial score (nSPS) is 20.7. The summed E-state index contributed by atoms with van der Waals surface area (Å²) in [6.07, 6.45) is -3.65. The van der Waals surface area contributed by atoms with E-state index in [1.807, 2.05) is 0 Å². The first-order valence-corrected chi connectivity index (χ1v) is 4.83. The number of fused-ring (bicyclic) bond motifs is 1. The molecule has 0 fully saturated rings. The highest BCUT2D eigenvalue weighted by atomic mass is 19.4. The monoisotopic (exact) mass is 216 g/mol. The van der Waals surface area contributed by atoms with E-state index in [0.717, 1.165) is 6.07 Å². The second kappa shape index (κ2) is 3.43. The lowest BCUT2D eigenvalue weighted by atomic mass is 9.90. The summed E-state index contributed by atoms with van der Waals surface area (Å²) in [7, 11) is 0. The molecule has 1 heterocycles. The zero-order valence-electron chi connectivity index (χ0n) is 8.27. The van der Waals surface area contributed by atoms with E-state index in [1.54, 1.807) is 13.0 Å². The van der Waals surface area contributed by atoms with E-state index >= 15 is 0 Å². The number of halogens is 3. The maximum atomic E-state index is 12.7. The molecule has 2 rings (SSSR count). The Bertz CT molecular complexity index is 371. The summed E-state index contributed by atoms with van der Waals surface area (Å²) in [4.78, 5) is 0. The molecule has 1 aliphatic rings. The van der Waals surface area contributed by atoms with Crippen LogP contribution >= 0.6 is 0 Å². The molecule has 1 aromatic rings. The van der Waals surface area contributed by atoms with E-state index in [4.69, 9.17) is 4.74 Å². The fourth-order valence-electron chi connectivity index (χ4n) is 1.92. The predicted octanol–water partition coefficient (Wildman–Crippen LogP) is 3.59. The predicted molar refractivity (Wildman–Crippen MR) is 50.0 cm³/mol. The molecule has 0 aromatic heterocycles. The van der Waals surface area contributed by atoms with Crippen molar-refractivity contribution in [3.63, 3.8) is 0 Å². The van der Waals surface area contributed by atoms with Crippen molar-refractivity contribution in [2.24, 2.45) is 0 Å². The van der Waals surface area contributed by atoms with Gasteiger partial charge < -0.3 is 4.74 Å². The summed E-state index contributed by atoms with van der Waals surface area (Å²) in [5.74, 6) is 0.287. The number of rotatable bonds is 0. The Balaban J connectivity index is 2.57. The van der Waals surface area contributed by atoms with Gasteiger partial charge in [-0.1, -0.05) is 13.0 Å². The third-order valence-electron chi connectivity index (χ3n) is 2.67. The minimum Gasteiger partial charge on any atom is -0.493 e. The molecule has 0 spiro atoms. The van der Waals surface area contributed by atoms with Gasteiger partial charge in [0, 0.05) is 5.56 Å². The van der Waals surface area contributed by atoms with Crippen LogP contribution in [-0.4, -0.2) is 6.61 Å². The summed E-state index contributed by atoms with van der Waals surface area (Å²) in [6.45, 7) is 2.30. The number of hydrogen-bond donors (Lipinski definition) is 0. The van der Waals surface area contributed by atoms with Crippen LogP contribution in [0.5, 0.6) is 5.75 Å². The molecule has 1 unspecified atom stereocenters. The first-order chi connectivity index (χ1) is 7.00. The summed E-state index contributed by atoms with van der Waals surface area (Å²) in [5.41, 5.74) is -0.261. The summed E-state index contributed by atoms with van der Waals surface area (Å²) in [5, 5.41) is 0. The summed E-state index contributed by atoms with van der Waals surface area (Å²) in [6, 6.07) is 4.10. The molecule has 0 saturated carbocycles. The SMILES string of the molecule is CC1CCOc2cccc(C(F)(F)F)c21. The first-order valence-electron chi connectivity index (χ1n) is 4.83. The molecular weight excluding hydrogens is 205 g/mol. The van der Waals surface area contributed by atoms with Crippen LogP contribution in [0.2, 0.25) is 0 Å². The molecule has 1 atom stereocenters. The third kappa shape index (κ3) is 1.80. The maximum absolute atomic E-state index is 12.7. The maximum Gasteiger partial charge on any atom is 0.416 e. The van der Waals surface area contributed by atoms with Crippen LogP contribution in [0.4, 0.5) is 13.2 Å². The van der Waals surface area contributed by atoms with Gasteiger partial charge in [-0.3, -0.25) is 0 Å². The Morgan fingerprint density at radius 2 is 2.07 bits per heavy atom. The highest BCUT2D eigenvalue weighted by Crippen LogP contribution is 2.42. The van der Waals surface area contributed by atoms with Gasteiger partial charge in [0.1, 0.15) is 5.75 Å². The molecule has 1 aromatic carbocycles. The van der Waals surface area contributed by atoms with Crippen LogP contribution in [0.3, 0.4) is 0 Å². The van der Waals surface area contributed by atoms with Crippen molar-refractivity contribution in [2.75, 3.05) is 6.61 Å². The Labute approximate surface area is 85.9 Å². The molecule has 1 nitrogen and oxygen atoms in total. The fourth-order valence-corrected chi connectivity index (χ4v) is 1.92. The van der Waals surface area contributed by atoms with Gasteiger partial charge in [0.05, 0.1) is 12.2 Å². The molecule has 0 saturated heterocycles. The Morgan fingerprint density at radius 3 is 2.73 bits per heavy atom. The second-order valence-electron chi connectivity index (χ2n) is 3.75. The topological polar surface area (TPSA) is 9.23 Å². The van der Waals surface area contributed by atoms with Crippen LogP contribution in [0.1, 0.15) is 30.4 Å². The zero-order chi connectivity index (χ0) is 11.1. The molecular formula is C11H11F3O. The molecule has 0 bridgehead atoms. The van der Waals surface area contributed by atoms with Crippen molar-refractivity contribution in [1.29, 1.82) is 0 Å². The molecule has 0 N–H and O–H groups in total. The quantitative estimate of drug-likeness (QED) is 0.644. The van der Waals surface area contributed by atoms with Crippen LogP contribution < -0.4 is 4.74 Å². The van der Waals surface area contributed by atoms with Crippen LogP contribution in [0, 0.1) is 0 Å². The molecule has 15 heavy (non-hydrogen) atoms. The highest BCUT2D eigenvalue weighted by molar-refractivity contribution is 5.45. The van der Waals surface area contributed by atoms with Crippen molar-refractivity contribution in [2.45, 2.75) is 25.4 Å². The zero-order valence-corrected chi connectivity index (χ0v) is 8.27. The minimum atomic E-state index is -4.29. The fraction of sp³-hybridized carbons (Fsp3) is 0.455. The van der Waals surface area contributed by atoms with Crippen molar-refractivity contribution in [1.82, 2.24) is 0 Å². The standard InChI is InChI=1S/C11H11F3O/c1-7-5-6-15-9-4-2-3-8(10(7)9)11(12,13)14/h2-4,7H,5-6H2,1H3. The largest absolute Gasteiger partial charge is 0.493 e. The molecule has 1 aliphatic heterocycles. The minimum absolute atomic E-state index is 0.0911. The van der Waals surface area contributed by atoms with Crippen molar-refractivity contribution in [3.05, 3.63) is 29.3 Å². The highest BCUT2D eigenvalue weighted by Gasteiger charge is 2.36. The van der Waals surface area contributed by atoms with E-state index in [2.05, 4.69) is 0 Å². The van der Waals surface area contributed by atoms with Gasteiger partial charge in [-0.25, -0.2) is 0 Å². The average molecular weight is 216 g/mol. The van der Waals surface area contributed by atoms with Gasteiger partial charge in [0.2, 0.25) is 0 Å². The molecule has 4 heteroatoms. The molecule has 0 radical (unpaired) electrons. The summed E-state index contributed by atoms with van der Waals surface area (Å²) >= 11 is 0. The number of benzene rings is 1. The Kier molecular flexibility index (Phi) is 2.37. The molecule has 82 valence electrons. The smallest absolute Gasteiger partial charge is 0.416 e. The number of alkyl halides is 3. The van der Waals surface area contributed by atoms with Gasteiger partial charge in [-0.2, -0.15) is 13.2 Å². The first kappa shape index (κ1) is 10.3. The second-order valence-corrected chi connectivity index (χ2v) is 3.75. The lowest BCUT2D eigenvalue weighted by Gasteiger charge is -2.26. The van der Waals surface area contributed by atoms with Gasteiger partial charge in [-0.05, 0) is 24.5 Å². The van der Waals surface area contributed by atoms with Gasteiger partial charge in [0.15, 0.2) is 0 Å². The van der Waals surface area contributed by atoms with Crippen molar-refractivity contribution in [3.8, 4) is 5.75 Å². The van der Waals surface area contributed by atoms with E-state index < -0.39 is 11.7 Å². The Morgan fingerprint density at radius 1 is 1.33 bits per heavy atom.